The number of aryl methyl sites for hydroxylation is 4. The van der Waals surface area contributed by atoms with Gasteiger partial charge < -0.3 is 19.9 Å². The number of aromatic amines is 4. The Balaban J connectivity index is 1.45. The van der Waals surface area contributed by atoms with Crippen molar-refractivity contribution in [2.24, 2.45) is 0 Å². The molecule has 0 amide bonds. The van der Waals surface area contributed by atoms with Crippen LogP contribution in [0.5, 0.6) is 0 Å². The Labute approximate surface area is 300 Å². The van der Waals surface area contributed by atoms with E-state index in [1.165, 1.54) is 0 Å². The lowest BCUT2D eigenvalue weighted by atomic mass is 10.1. The third-order valence-electron chi connectivity index (χ3n) is 9.59. The van der Waals surface area contributed by atoms with Crippen molar-refractivity contribution in [1.29, 1.82) is 0 Å². The molecule has 0 fully saturated rings. The van der Waals surface area contributed by atoms with Gasteiger partial charge in [-0.2, -0.15) is 0 Å². The molecule has 0 atom stereocenters. The minimum atomic E-state index is 0.864. The Morgan fingerprint density at radius 1 is 0.308 bits per heavy atom. The van der Waals surface area contributed by atoms with E-state index in [2.05, 4.69) is 120 Å². The second-order valence-corrected chi connectivity index (χ2v) is 13.5. The summed E-state index contributed by atoms with van der Waals surface area (Å²) in [6.45, 7) is 8.37. The summed E-state index contributed by atoms with van der Waals surface area (Å²) in [7, 11) is 0. The van der Waals surface area contributed by atoms with Gasteiger partial charge in [0, 0.05) is 47.1 Å². The first kappa shape index (κ1) is 31.2. The SMILES string of the molecule is Cc1ccnc(C2=c3ccc([nH]3)=C(c3cc(C)ccn3)c3ccc([nH]3)C(c3cc(C)ccn3)=c3ccc([nH]3)=C(c3cc(C)ccn3)c3ccc2[nH]3)c1. The number of hydrogen-bond acceptors (Lipinski definition) is 4. The molecule has 1 aliphatic heterocycles. The summed E-state index contributed by atoms with van der Waals surface area (Å²) in [4.78, 5) is 34.6. The van der Waals surface area contributed by atoms with Crippen molar-refractivity contribution in [3.63, 3.8) is 0 Å². The quantitative estimate of drug-likeness (QED) is 0.207. The molecule has 0 aromatic carbocycles. The average molecular weight is 677 g/mol. The summed E-state index contributed by atoms with van der Waals surface area (Å²) < 4.78 is 0. The lowest BCUT2D eigenvalue weighted by Crippen LogP contribution is -2.20. The molecular weight excluding hydrogens is 641 g/mol. The van der Waals surface area contributed by atoms with Crippen molar-refractivity contribution in [1.82, 2.24) is 39.9 Å². The predicted molar refractivity (Wildman–Crippen MR) is 204 cm³/mol. The fourth-order valence-corrected chi connectivity index (χ4v) is 7.12. The van der Waals surface area contributed by atoms with Gasteiger partial charge in [-0.15, -0.1) is 0 Å². The van der Waals surface area contributed by atoms with E-state index in [1.54, 1.807) is 0 Å². The Hall–Kier alpha value is -6.80. The summed E-state index contributed by atoms with van der Waals surface area (Å²) >= 11 is 0. The van der Waals surface area contributed by atoms with Crippen molar-refractivity contribution in [2.45, 2.75) is 27.7 Å². The van der Waals surface area contributed by atoms with E-state index >= 15 is 0 Å². The second-order valence-electron chi connectivity index (χ2n) is 13.5. The molecule has 9 heterocycles. The average Bonchev–Trinajstić information content (AvgIpc) is 3.96. The van der Waals surface area contributed by atoms with Crippen LogP contribution < -0.4 is 21.4 Å². The van der Waals surface area contributed by atoms with Crippen LogP contribution in [-0.4, -0.2) is 39.9 Å². The van der Waals surface area contributed by atoms with Gasteiger partial charge in [-0.3, -0.25) is 19.9 Å². The molecule has 0 spiro atoms. The lowest BCUT2D eigenvalue weighted by Gasteiger charge is -2.09. The zero-order valence-electron chi connectivity index (χ0n) is 29.3. The molecule has 1 aliphatic rings. The maximum Gasteiger partial charge on any atom is 0.0746 e. The molecule has 0 radical (unpaired) electrons. The van der Waals surface area contributed by atoms with Gasteiger partial charge >= 0.3 is 0 Å². The highest BCUT2D eigenvalue weighted by molar-refractivity contribution is 5.83. The van der Waals surface area contributed by atoms with Crippen LogP contribution in [-0.2, 0) is 0 Å². The molecule has 0 saturated carbocycles. The lowest BCUT2D eigenvalue weighted by molar-refractivity contribution is 1.14. The largest absolute Gasteiger partial charge is 0.354 e. The Bertz CT molecular complexity index is 2520. The summed E-state index contributed by atoms with van der Waals surface area (Å²) in [6, 6.07) is 33.6. The van der Waals surface area contributed by atoms with Crippen LogP contribution in [0.1, 0.15) is 67.8 Å². The molecule has 52 heavy (non-hydrogen) atoms. The van der Waals surface area contributed by atoms with Crippen LogP contribution in [0, 0.1) is 27.7 Å². The number of fused-ring (bicyclic) bond motifs is 8. The molecule has 0 saturated heterocycles. The molecule has 8 nitrogen and oxygen atoms in total. The van der Waals surface area contributed by atoms with Gasteiger partial charge in [0.15, 0.2) is 0 Å². The number of nitrogens with one attached hydrogen (secondary N) is 4. The number of pyridine rings is 4. The van der Waals surface area contributed by atoms with E-state index in [4.69, 9.17) is 19.9 Å². The van der Waals surface area contributed by atoms with Gasteiger partial charge in [0.2, 0.25) is 0 Å². The maximum atomic E-state index is 4.87. The van der Waals surface area contributed by atoms with Crippen LogP contribution >= 0.6 is 0 Å². The first-order valence-electron chi connectivity index (χ1n) is 17.4. The minimum Gasteiger partial charge on any atom is -0.354 e. The summed E-state index contributed by atoms with van der Waals surface area (Å²) in [5, 5.41) is 3.72. The Morgan fingerprint density at radius 3 is 0.788 bits per heavy atom. The fourth-order valence-electron chi connectivity index (χ4n) is 7.12. The van der Waals surface area contributed by atoms with Gasteiger partial charge in [0.1, 0.15) is 0 Å². The molecule has 8 heteroatoms. The molecule has 0 aliphatic carbocycles. The monoisotopic (exact) mass is 676 g/mol. The van der Waals surface area contributed by atoms with E-state index in [9.17, 15) is 0 Å². The van der Waals surface area contributed by atoms with Crippen molar-refractivity contribution < 1.29 is 0 Å². The second kappa shape index (κ2) is 12.5. The number of hydrogen-bond donors (Lipinski definition) is 4. The smallest absolute Gasteiger partial charge is 0.0746 e. The maximum absolute atomic E-state index is 4.87. The third kappa shape index (κ3) is 5.60. The van der Waals surface area contributed by atoms with Gasteiger partial charge in [-0.1, -0.05) is 0 Å². The van der Waals surface area contributed by atoms with Crippen molar-refractivity contribution in [2.75, 3.05) is 0 Å². The highest BCUT2D eigenvalue weighted by Gasteiger charge is 2.20. The molecule has 8 bridgehead atoms. The zero-order chi connectivity index (χ0) is 35.3. The summed E-state index contributed by atoms with van der Waals surface area (Å²) in [5.41, 5.74) is 15.5. The van der Waals surface area contributed by atoms with E-state index in [1.807, 2.05) is 49.1 Å². The van der Waals surface area contributed by atoms with Crippen LogP contribution in [0.3, 0.4) is 0 Å². The first-order valence-corrected chi connectivity index (χ1v) is 17.4. The van der Waals surface area contributed by atoms with Gasteiger partial charge in [0.05, 0.1) is 66.9 Å². The molecule has 8 aromatic heterocycles. The Kier molecular flexibility index (Phi) is 7.51. The van der Waals surface area contributed by atoms with E-state index in [-0.39, 0.29) is 0 Å². The molecule has 0 unspecified atom stereocenters. The fraction of sp³-hybridized carbons (Fsp3) is 0.0909. The number of H-pyrrole nitrogens is 4. The van der Waals surface area contributed by atoms with Crippen molar-refractivity contribution in [3.8, 4) is 0 Å². The highest BCUT2D eigenvalue weighted by Crippen LogP contribution is 2.27. The van der Waals surface area contributed by atoms with Crippen LogP contribution in [0.15, 0.2) is 122 Å². The van der Waals surface area contributed by atoms with Crippen molar-refractivity contribution in [3.05, 3.63) is 211 Å². The summed E-state index contributed by atoms with van der Waals surface area (Å²) in [5.74, 6) is 0. The molecule has 4 N–H and O–H groups in total. The standard InChI is InChI=1S/C44H36N8/c1-25-13-17-45-37(21-25)41-29-5-7-31(49-29)42(38-22-26(2)14-18-46-38)33-9-11-35(51-33)44(40-24-28(4)16-20-48-40)36-12-10-34(52-36)43(32-8-6-30(41)50-32)39-23-27(3)15-19-47-39/h5-24,49-52H,1-4H3. The number of nitrogens with zero attached hydrogens (tertiary/aromatic N) is 4. The van der Waals surface area contributed by atoms with Crippen LogP contribution in [0.4, 0.5) is 0 Å². The topological polar surface area (TPSA) is 115 Å². The van der Waals surface area contributed by atoms with E-state index < -0.39 is 0 Å². The zero-order valence-corrected chi connectivity index (χ0v) is 29.3. The van der Waals surface area contributed by atoms with E-state index in [0.29, 0.717) is 0 Å². The Morgan fingerprint density at radius 2 is 0.558 bits per heavy atom. The molecule has 8 aromatic rings. The van der Waals surface area contributed by atoms with Crippen LogP contribution in [0.25, 0.3) is 22.3 Å². The molecule has 9 rings (SSSR count). The highest BCUT2D eigenvalue weighted by atomic mass is 14.8. The minimum absolute atomic E-state index is 0.864. The van der Waals surface area contributed by atoms with Gasteiger partial charge in [-0.25, -0.2) is 0 Å². The van der Waals surface area contributed by atoms with Crippen molar-refractivity contribution >= 4 is 22.3 Å². The first-order chi connectivity index (χ1) is 25.4. The predicted octanol–water partition coefficient (Wildman–Crippen LogP) is 5.12. The van der Waals surface area contributed by atoms with Crippen LogP contribution in [0.2, 0.25) is 0 Å². The molecular formula is C44H36N8. The number of rotatable bonds is 4. The van der Waals surface area contributed by atoms with Gasteiger partial charge in [-0.05, 0) is 147 Å². The van der Waals surface area contributed by atoms with E-state index in [0.717, 1.165) is 111 Å². The third-order valence-corrected chi connectivity index (χ3v) is 9.59. The normalized spacial score (nSPS) is 12.8. The molecule has 252 valence electrons. The number of aromatic nitrogens is 8. The van der Waals surface area contributed by atoms with Gasteiger partial charge in [0.25, 0.3) is 0 Å². The summed E-state index contributed by atoms with van der Waals surface area (Å²) in [6.07, 6.45) is 7.46.